The summed E-state index contributed by atoms with van der Waals surface area (Å²) in [5.74, 6) is 0.475. The molecule has 5 heterocycles. The van der Waals surface area contributed by atoms with Gasteiger partial charge in [-0.15, -0.1) is 0 Å². The van der Waals surface area contributed by atoms with E-state index in [0.717, 1.165) is 29.3 Å². The number of nitrogens with one attached hydrogen (secondary N) is 2. The first-order chi connectivity index (χ1) is 15.5. The molecule has 5 aromatic heterocycles. The highest BCUT2D eigenvalue weighted by Crippen LogP contribution is 2.37. The number of aromatic nitrogens is 7. The Morgan fingerprint density at radius 1 is 1.06 bits per heavy atom. The predicted molar refractivity (Wildman–Crippen MR) is 112 cm³/mol. The number of hydrogen-bond acceptors (Lipinski definition) is 7. The topological polar surface area (TPSA) is 96.7 Å². The van der Waals surface area contributed by atoms with Gasteiger partial charge in [0.1, 0.15) is 10.7 Å². The molecule has 12 heteroatoms. The monoisotopic (exact) mass is 456 g/mol. The van der Waals surface area contributed by atoms with Crippen LogP contribution in [0.15, 0.2) is 65.0 Å². The van der Waals surface area contributed by atoms with Gasteiger partial charge in [-0.05, 0) is 24.3 Å². The number of imidazole rings is 2. The molecule has 162 valence electrons. The molecule has 0 aliphatic rings. The van der Waals surface area contributed by atoms with Crippen LogP contribution in [0.25, 0.3) is 16.9 Å². The maximum absolute atomic E-state index is 13.2. The van der Waals surface area contributed by atoms with Crippen molar-refractivity contribution in [3.8, 4) is 0 Å². The van der Waals surface area contributed by atoms with E-state index in [1.54, 1.807) is 0 Å². The molecule has 0 aliphatic heterocycles. The molecule has 0 radical (unpaired) electrons. The summed E-state index contributed by atoms with van der Waals surface area (Å²) in [7, 11) is 0. The van der Waals surface area contributed by atoms with Gasteiger partial charge in [-0.3, -0.25) is 4.98 Å². The van der Waals surface area contributed by atoms with E-state index in [9.17, 15) is 13.2 Å². The van der Waals surface area contributed by atoms with Crippen molar-refractivity contribution in [1.29, 1.82) is 0 Å². The van der Waals surface area contributed by atoms with E-state index < -0.39 is 11.9 Å². The van der Waals surface area contributed by atoms with Crippen LogP contribution in [0, 0.1) is 0 Å². The second kappa shape index (κ2) is 8.11. The number of alkyl halides is 3. The standard InChI is InChI=1S/C20H15F3N8S/c21-20(22,23)16-13(4-3-7-24-16)32-15-10-26-17-18(28-15)30-19(29-17)25-8-6-12-11-31-9-2-1-5-14(31)27-12/h1-5,7,9-11H,6,8H2,(H2,25,26,28,29,30). The summed E-state index contributed by atoms with van der Waals surface area (Å²) >= 11 is 0.841. The molecular weight excluding hydrogens is 441 g/mol. The summed E-state index contributed by atoms with van der Waals surface area (Å²) in [5, 5.41) is 3.45. The van der Waals surface area contributed by atoms with Gasteiger partial charge in [0.2, 0.25) is 5.95 Å². The van der Waals surface area contributed by atoms with Crippen LogP contribution in [-0.2, 0) is 12.6 Å². The smallest absolute Gasteiger partial charge is 0.355 e. The van der Waals surface area contributed by atoms with Gasteiger partial charge < -0.3 is 14.7 Å². The Balaban J connectivity index is 1.28. The number of aromatic amines is 1. The van der Waals surface area contributed by atoms with Crippen LogP contribution < -0.4 is 5.32 Å². The van der Waals surface area contributed by atoms with Crippen molar-refractivity contribution >= 4 is 34.7 Å². The number of fused-ring (bicyclic) bond motifs is 2. The minimum absolute atomic E-state index is 0.0463. The zero-order chi connectivity index (χ0) is 22.1. The lowest BCUT2D eigenvalue weighted by atomic mass is 10.3. The number of pyridine rings is 2. The van der Waals surface area contributed by atoms with Gasteiger partial charge in [0.05, 0.1) is 11.9 Å². The Bertz CT molecular complexity index is 1360. The van der Waals surface area contributed by atoms with Crippen molar-refractivity contribution in [3.05, 3.63) is 66.5 Å². The number of halogens is 3. The van der Waals surface area contributed by atoms with E-state index in [0.29, 0.717) is 35.2 Å². The molecule has 0 saturated heterocycles. The van der Waals surface area contributed by atoms with Gasteiger partial charge in [-0.25, -0.2) is 15.0 Å². The molecule has 0 unspecified atom stereocenters. The van der Waals surface area contributed by atoms with E-state index >= 15 is 0 Å². The Hall–Kier alpha value is -3.67. The molecule has 2 N–H and O–H groups in total. The third-order valence-electron chi connectivity index (χ3n) is 4.53. The summed E-state index contributed by atoms with van der Waals surface area (Å²) in [4.78, 5) is 23.8. The van der Waals surface area contributed by atoms with Crippen molar-refractivity contribution < 1.29 is 13.2 Å². The fourth-order valence-electron chi connectivity index (χ4n) is 3.12. The summed E-state index contributed by atoms with van der Waals surface area (Å²) in [6.45, 7) is 0.579. The SMILES string of the molecule is FC(F)(F)c1ncccc1Sc1cnc2[nH]c(NCCc3cn4ccccc4n3)nc2n1. The molecule has 5 aromatic rings. The second-order valence-corrected chi connectivity index (χ2v) is 7.85. The maximum atomic E-state index is 13.2. The molecular formula is C20H15F3N8S. The third kappa shape index (κ3) is 4.21. The normalized spacial score (nSPS) is 12.0. The maximum Gasteiger partial charge on any atom is 0.434 e. The average molecular weight is 456 g/mol. The lowest BCUT2D eigenvalue weighted by Gasteiger charge is -2.09. The first kappa shape index (κ1) is 20.2. The van der Waals surface area contributed by atoms with Gasteiger partial charge in [0.15, 0.2) is 17.0 Å². The van der Waals surface area contributed by atoms with E-state index in [4.69, 9.17) is 0 Å². The van der Waals surface area contributed by atoms with Crippen molar-refractivity contribution in [2.75, 3.05) is 11.9 Å². The number of H-pyrrole nitrogens is 1. The highest BCUT2D eigenvalue weighted by atomic mass is 32.2. The first-order valence-electron chi connectivity index (χ1n) is 9.55. The van der Waals surface area contributed by atoms with Crippen molar-refractivity contribution in [2.24, 2.45) is 0 Å². The first-order valence-corrected chi connectivity index (χ1v) is 10.4. The zero-order valence-corrected chi connectivity index (χ0v) is 17.2. The van der Waals surface area contributed by atoms with Crippen LogP contribution in [0.1, 0.15) is 11.4 Å². The molecule has 0 bridgehead atoms. The van der Waals surface area contributed by atoms with E-state index in [-0.39, 0.29) is 4.90 Å². The molecule has 0 fully saturated rings. The van der Waals surface area contributed by atoms with Crippen LogP contribution in [0.2, 0.25) is 0 Å². The third-order valence-corrected chi connectivity index (χ3v) is 5.48. The molecule has 0 amide bonds. The van der Waals surface area contributed by atoms with Crippen molar-refractivity contribution in [1.82, 2.24) is 34.3 Å². The Morgan fingerprint density at radius 3 is 2.81 bits per heavy atom. The Kier molecular flexibility index (Phi) is 5.13. The number of rotatable bonds is 6. The highest BCUT2D eigenvalue weighted by Gasteiger charge is 2.35. The van der Waals surface area contributed by atoms with E-state index in [1.165, 1.54) is 18.3 Å². The van der Waals surface area contributed by atoms with Crippen LogP contribution in [0.5, 0.6) is 0 Å². The molecule has 5 rings (SSSR count). The fraction of sp³-hybridized carbons (Fsp3) is 0.150. The molecule has 32 heavy (non-hydrogen) atoms. The molecule has 0 spiro atoms. The van der Waals surface area contributed by atoms with Gasteiger partial charge in [-0.1, -0.05) is 17.8 Å². The van der Waals surface area contributed by atoms with Crippen LogP contribution >= 0.6 is 11.8 Å². The summed E-state index contributed by atoms with van der Waals surface area (Å²) in [6, 6.07) is 8.61. The quantitative estimate of drug-likeness (QED) is 0.395. The van der Waals surface area contributed by atoms with E-state index in [1.807, 2.05) is 35.0 Å². The van der Waals surface area contributed by atoms with Gasteiger partial charge in [0.25, 0.3) is 0 Å². The lowest BCUT2D eigenvalue weighted by molar-refractivity contribution is -0.143. The Morgan fingerprint density at radius 2 is 1.97 bits per heavy atom. The fourth-order valence-corrected chi connectivity index (χ4v) is 4.00. The summed E-state index contributed by atoms with van der Waals surface area (Å²) in [6.07, 6.45) is 2.55. The number of anilines is 1. The molecule has 0 aliphatic carbocycles. The predicted octanol–water partition coefficient (Wildman–Crippen LogP) is 4.22. The molecule has 0 saturated carbocycles. The van der Waals surface area contributed by atoms with Gasteiger partial charge >= 0.3 is 6.18 Å². The summed E-state index contributed by atoms with van der Waals surface area (Å²) in [5.41, 5.74) is 1.61. The molecule has 8 nitrogen and oxygen atoms in total. The summed E-state index contributed by atoms with van der Waals surface area (Å²) < 4.78 is 41.5. The average Bonchev–Trinajstić information content (AvgIpc) is 3.36. The van der Waals surface area contributed by atoms with Gasteiger partial charge in [-0.2, -0.15) is 18.2 Å². The lowest BCUT2D eigenvalue weighted by Crippen LogP contribution is -2.09. The Labute approximate surface area is 183 Å². The number of nitrogens with zero attached hydrogens (tertiary/aromatic N) is 6. The van der Waals surface area contributed by atoms with Crippen molar-refractivity contribution in [3.63, 3.8) is 0 Å². The minimum Gasteiger partial charge on any atom is -0.355 e. The minimum atomic E-state index is -4.55. The number of hydrogen-bond donors (Lipinski definition) is 2. The van der Waals surface area contributed by atoms with Crippen LogP contribution in [0.3, 0.4) is 0 Å². The second-order valence-electron chi connectivity index (χ2n) is 6.79. The largest absolute Gasteiger partial charge is 0.434 e. The zero-order valence-electron chi connectivity index (χ0n) is 16.3. The van der Waals surface area contributed by atoms with E-state index in [2.05, 4.69) is 35.2 Å². The molecule has 0 aromatic carbocycles. The molecule has 0 atom stereocenters. The highest BCUT2D eigenvalue weighted by molar-refractivity contribution is 7.99. The van der Waals surface area contributed by atoms with Crippen LogP contribution in [-0.4, -0.2) is 40.8 Å². The van der Waals surface area contributed by atoms with Gasteiger partial charge in [0, 0.05) is 36.5 Å². The van der Waals surface area contributed by atoms with Crippen molar-refractivity contribution in [2.45, 2.75) is 22.5 Å². The van der Waals surface area contributed by atoms with Crippen LogP contribution in [0.4, 0.5) is 19.1 Å².